The van der Waals surface area contributed by atoms with E-state index in [2.05, 4.69) is 12.2 Å². The van der Waals surface area contributed by atoms with Gasteiger partial charge in [0.25, 0.3) is 0 Å². The molecule has 0 radical (unpaired) electrons. The molecule has 3 heterocycles. The molecule has 3 fully saturated rings. The van der Waals surface area contributed by atoms with Crippen LogP contribution in [0.15, 0.2) is 0 Å². The Morgan fingerprint density at radius 3 is 2.88 bits per heavy atom. The van der Waals surface area contributed by atoms with Crippen molar-refractivity contribution in [3.05, 3.63) is 0 Å². The summed E-state index contributed by atoms with van der Waals surface area (Å²) < 4.78 is 11.6. The molecule has 1 spiro atoms. The maximum Gasteiger partial charge on any atom is 0.0939 e. The van der Waals surface area contributed by atoms with Crippen molar-refractivity contribution in [3.8, 4) is 0 Å². The Kier molecular flexibility index (Phi) is 3.42. The van der Waals surface area contributed by atoms with Gasteiger partial charge in [-0.3, -0.25) is 0 Å². The second kappa shape index (κ2) is 4.87. The molecule has 98 valence electrons. The lowest BCUT2D eigenvalue weighted by atomic mass is 9.78. The van der Waals surface area contributed by atoms with Crippen molar-refractivity contribution in [3.63, 3.8) is 0 Å². The predicted octanol–water partition coefficient (Wildman–Crippen LogP) is 2.10. The molecular weight excluding hydrogens is 214 g/mol. The van der Waals surface area contributed by atoms with Crippen molar-refractivity contribution in [1.29, 1.82) is 0 Å². The minimum Gasteiger partial charge on any atom is -0.378 e. The van der Waals surface area contributed by atoms with E-state index in [1.54, 1.807) is 0 Å². The maximum absolute atomic E-state index is 6.02. The van der Waals surface area contributed by atoms with Crippen LogP contribution in [-0.4, -0.2) is 37.5 Å². The van der Waals surface area contributed by atoms with E-state index in [0.717, 1.165) is 38.2 Å². The zero-order valence-electron chi connectivity index (χ0n) is 10.9. The van der Waals surface area contributed by atoms with E-state index >= 15 is 0 Å². The van der Waals surface area contributed by atoms with E-state index in [1.807, 2.05) is 0 Å². The fraction of sp³-hybridized carbons (Fsp3) is 1.00. The van der Waals surface area contributed by atoms with Gasteiger partial charge in [-0.1, -0.05) is 6.42 Å². The van der Waals surface area contributed by atoms with Crippen molar-refractivity contribution in [2.45, 2.75) is 63.1 Å². The summed E-state index contributed by atoms with van der Waals surface area (Å²) in [5.41, 5.74) is 0.0747. The molecule has 3 aliphatic rings. The van der Waals surface area contributed by atoms with Gasteiger partial charge in [0, 0.05) is 31.7 Å². The second-order valence-corrected chi connectivity index (χ2v) is 6.19. The van der Waals surface area contributed by atoms with Crippen molar-refractivity contribution < 1.29 is 9.47 Å². The molecule has 0 aromatic carbocycles. The quantitative estimate of drug-likeness (QED) is 0.760. The Labute approximate surface area is 104 Å². The smallest absolute Gasteiger partial charge is 0.0939 e. The molecule has 0 aromatic heterocycles. The van der Waals surface area contributed by atoms with Crippen LogP contribution in [0.25, 0.3) is 0 Å². The van der Waals surface area contributed by atoms with Gasteiger partial charge in [0.1, 0.15) is 0 Å². The molecule has 0 saturated carbocycles. The number of hydrogen-bond donors (Lipinski definition) is 1. The molecule has 17 heavy (non-hydrogen) atoms. The Bertz CT molecular complexity index is 263. The highest BCUT2D eigenvalue weighted by molar-refractivity contribution is 4.95. The number of piperidine rings is 1. The van der Waals surface area contributed by atoms with Gasteiger partial charge in [0.05, 0.1) is 12.2 Å². The Morgan fingerprint density at radius 2 is 2.12 bits per heavy atom. The molecule has 4 unspecified atom stereocenters. The van der Waals surface area contributed by atoms with E-state index in [-0.39, 0.29) is 5.60 Å². The van der Waals surface area contributed by atoms with E-state index in [4.69, 9.17) is 9.47 Å². The molecule has 3 aliphatic heterocycles. The molecule has 3 nitrogen and oxygen atoms in total. The van der Waals surface area contributed by atoms with Crippen LogP contribution in [0, 0.1) is 5.92 Å². The maximum atomic E-state index is 6.02. The summed E-state index contributed by atoms with van der Waals surface area (Å²) in [6, 6.07) is 1.42. The number of rotatable bonds is 1. The topological polar surface area (TPSA) is 30.5 Å². The standard InChI is InChI=1S/C14H25NO2/c1-11-3-2-4-13(15-11)12-5-7-17-14(9-12)6-8-16-10-14/h11-13,15H,2-10H2,1H3. The first kappa shape index (κ1) is 11.9. The van der Waals surface area contributed by atoms with Crippen LogP contribution < -0.4 is 5.32 Å². The molecule has 4 atom stereocenters. The third-order valence-corrected chi connectivity index (χ3v) is 4.82. The molecule has 0 aliphatic carbocycles. The summed E-state index contributed by atoms with van der Waals surface area (Å²) in [6.07, 6.45) is 7.62. The summed E-state index contributed by atoms with van der Waals surface area (Å²) in [4.78, 5) is 0. The van der Waals surface area contributed by atoms with Crippen molar-refractivity contribution in [1.82, 2.24) is 5.32 Å². The molecule has 3 heteroatoms. The minimum absolute atomic E-state index is 0.0747. The summed E-state index contributed by atoms with van der Waals surface area (Å²) in [5.74, 6) is 0.799. The molecule has 0 aromatic rings. The Balaban J connectivity index is 1.62. The van der Waals surface area contributed by atoms with Gasteiger partial charge in [-0.2, -0.15) is 0 Å². The first-order chi connectivity index (χ1) is 8.27. The van der Waals surface area contributed by atoms with Crippen molar-refractivity contribution in [2.75, 3.05) is 19.8 Å². The SMILES string of the molecule is CC1CCCC(C2CCOC3(CCOC3)C2)N1. The zero-order chi connectivity index (χ0) is 11.7. The van der Waals surface area contributed by atoms with Crippen molar-refractivity contribution in [2.24, 2.45) is 5.92 Å². The first-order valence-electron chi connectivity index (χ1n) is 7.25. The molecular formula is C14H25NO2. The lowest BCUT2D eigenvalue weighted by Crippen LogP contribution is -2.50. The van der Waals surface area contributed by atoms with E-state index in [1.165, 1.54) is 32.1 Å². The predicted molar refractivity (Wildman–Crippen MR) is 67.1 cm³/mol. The van der Waals surface area contributed by atoms with Gasteiger partial charge in [-0.15, -0.1) is 0 Å². The van der Waals surface area contributed by atoms with E-state index in [0.29, 0.717) is 6.04 Å². The molecule has 3 saturated heterocycles. The largest absolute Gasteiger partial charge is 0.378 e. The minimum atomic E-state index is 0.0747. The molecule has 1 N–H and O–H groups in total. The number of nitrogens with one attached hydrogen (secondary N) is 1. The van der Waals surface area contributed by atoms with Gasteiger partial charge in [0.15, 0.2) is 0 Å². The summed E-state index contributed by atoms with van der Waals surface area (Å²) >= 11 is 0. The van der Waals surface area contributed by atoms with Crippen LogP contribution >= 0.6 is 0 Å². The fourth-order valence-electron chi connectivity index (χ4n) is 3.82. The lowest BCUT2D eigenvalue weighted by molar-refractivity contribution is -0.104. The lowest BCUT2D eigenvalue weighted by Gasteiger charge is -2.43. The van der Waals surface area contributed by atoms with E-state index in [9.17, 15) is 0 Å². The van der Waals surface area contributed by atoms with Crippen LogP contribution in [0.3, 0.4) is 0 Å². The molecule has 3 rings (SSSR count). The number of hydrogen-bond acceptors (Lipinski definition) is 3. The van der Waals surface area contributed by atoms with Crippen LogP contribution in [0.5, 0.6) is 0 Å². The summed E-state index contributed by atoms with van der Waals surface area (Å²) in [5, 5.41) is 3.80. The highest BCUT2D eigenvalue weighted by atomic mass is 16.6. The third-order valence-electron chi connectivity index (χ3n) is 4.82. The van der Waals surface area contributed by atoms with Crippen LogP contribution in [-0.2, 0) is 9.47 Å². The number of ether oxygens (including phenoxy) is 2. The fourth-order valence-corrected chi connectivity index (χ4v) is 3.82. The van der Waals surface area contributed by atoms with Crippen LogP contribution in [0.4, 0.5) is 0 Å². The van der Waals surface area contributed by atoms with Gasteiger partial charge < -0.3 is 14.8 Å². The van der Waals surface area contributed by atoms with Gasteiger partial charge >= 0.3 is 0 Å². The summed E-state index contributed by atoms with van der Waals surface area (Å²) in [7, 11) is 0. The van der Waals surface area contributed by atoms with Gasteiger partial charge in [-0.05, 0) is 38.5 Å². The Morgan fingerprint density at radius 1 is 1.18 bits per heavy atom. The van der Waals surface area contributed by atoms with E-state index < -0.39 is 0 Å². The van der Waals surface area contributed by atoms with Gasteiger partial charge in [-0.25, -0.2) is 0 Å². The average molecular weight is 239 g/mol. The Hall–Kier alpha value is -0.120. The van der Waals surface area contributed by atoms with Gasteiger partial charge in [0.2, 0.25) is 0 Å². The monoisotopic (exact) mass is 239 g/mol. The third kappa shape index (κ3) is 2.51. The normalized spacial score (nSPS) is 47.5. The highest BCUT2D eigenvalue weighted by Gasteiger charge is 2.43. The van der Waals surface area contributed by atoms with Crippen LogP contribution in [0.1, 0.15) is 45.4 Å². The zero-order valence-corrected chi connectivity index (χ0v) is 10.9. The van der Waals surface area contributed by atoms with Crippen molar-refractivity contribution >= 4 is 0 Å². The average Bonchev–Trinajstić information content (AvgIpc) is 2.77. The second-order valence-electron chi connectivity index (χ2n) is 6.19. The first-order valence-corrected chi connectivity index (χ1v) is 7.25. The molecule has 0 bridgehead atoms. The van der Waals surface area contributed by atoms with Crippen LogP contribution in [0.2, 0.25) is 0 Å². The summed E-state index contributed by atoms with van der Waals surface area (Å²) in [6.45, 7) is 4.97. The highest BCUT2D eigenvalue weighted by Crippen LogP contribution is 2.38. The molecule has 0 amide bonds.